The maximum Gasteiger partial charge on any atom is 0.244 e. The lowest BCUT2D eigenvalue weighted by Crippen LogP contribution is -2.58. The van der Waals surface area contributed by atoms with Crippen molar-refractivity contribution in [3.05, 3.63) is 69.5 Å². The molecular weight excluding hydrogens is 342 g/mol. The number of carbonyl (C=O) groups is 1. The number of carbonyl (C=O) groups excluding carboxylic acids is 1. The zero-order valence-corrected chi connectivity index (χ0v) is 14.4. The molecule has 1 aliphatic heterocycles. The molecule has 2 atom stereocenters. The standard InChI is InChI=1S/C18H18ClN3O3/c1-12-17(18(23)20-10-9-13-5-3-2-4-6-13)22(25)16-11-14(19)7-8-15(16)21(12)24/h2-8,11-12,17H,9-10H2,1H3,(H,20,23)/q-2. The van der Waals surface area contributed by atoms with Gasteiger partial charge in [0.2, 0.25) is 5.91 Å². The predicted octanol–water partition coefficient (Wildman–Crippen LogP) is 3.08. The van der Waals surface area contributed by atoms with Crippen LogP contribution in [-0.4, -0.2) is 24.5 Å². The molecule has 2 aromatic carbocycles. The molecule has 7 heteroatoms. The number of benzene rings is 2. The third kappa shape index (κ3) is 3.56. The van der Waals surface area contributed by atoms with E-state index in [4.69, 9.17) is 11.6 Å². The molecule has 0 radical (unpaired) electrons. The molecule has 1 amide bonds. The molecule has 25 heavy (non-hydrogen) atoms. The first-order chi connectivity index (χ1) is 12.0. The van der Waals surface area contributed by atoms with Gasteiger partial charge in [-0.3, -0.25) is 4.79 Å². The predicted molar refractivity (Wildman–Crippen MR) is 99.5 cm³/mol. The van der Waals surface area contributed by atoms with Crippen LogP contribution in [-0.2, 0) is 11.2 Å². The van der Waals surface area contributed by atoms with Crippen LogP contribution in [0.15, 0.2) is 48.5 Å². The second kappa shape index (κ2) is 7.31. The van der Waals surface area contributed by atoms with Gasteiger partial charge in [-0.05, 0) is 37.1 Å². The Balaban J connectivity index is 1.71. The smallest absolute Gasteiger partial charge is 0.244 e. The van der Waals surface area contributed by atoms with Crippen molar-refractivity contribution < 1.29 is 4.79 Å². The summed E-state index contributed by atoms with van der Waals surface area (Å²) < 4.78 is 0. The summed E-state index contributed by atoms with van der Waals surface area (Å²) in [6.45, 7) is 1.96. The molecule has 2 aromatic rings. The highest BCUT2D eigenvalue weighted by Crippen LogP contribution is 2.39. The van der Waals surface area contributed by atoms with E-state index in [2.05, 4.69) is 5.32 Å². The molecular formula is C18H18ClN3O3-2. The van der Waals surface area contributed by atoms with Gasteiger partial charge in [-0.1, -0.05) is 41.9 Å². The Labute approximate surface area is 151 Å². The van der Waals surface area contributed by atoms with E-state index in [-0.39, 0.29) is 11.4 Å². The number of hydrogen-bond donors (Lipinski definition) is 1. The summed E-state index contributed by atoms with van der Waals surface area (Å²) in [6.07, 6.45) is 0.649. The van der Waals surface area contributed by atoms with Gasteiger partial charge >= 0.3 is 0 Å². The van der Waals surface area contributed by atoms with Gasteiger partial charge in [-0.2, -0.15) is 0 Å². The highest BCUT2D eigenvalue weighted by atomic mass is 35.5. The van der Waals surface area contributed by atoms with E-state index in [1.165, 1.54) is 12.1 Å². The Bertz CT molecular complexity index is 756. The van der Waals surface area contributed by atoms with Crippen molar-refractivity contribution in [2.45, 2.75) is 25.4 Å². The molecule has 0 aromatic heterocycles. The van der Waals surface area contributed by atoms with Crippen molar-refractivity contribution in [2.24, 2.45) is 0 Å². The lowest BCUT2D eigenvalue weighted by Gasteiger charge is -2.54. The molecule has 0 saturated heterocycles. The van der Waals surface area contributed by atoms with Crippen molar-refractivity contribution in [3.8, 4) is 0 Å². The van der Waals surface area contributed by atoms with Gasteiger partial charge in [-0.25, -0.2) is 0 Å². The van der Waals surface area contributed by atoms with Crippen LogP contribution in [0.2, 0.25) is 5.02 Å². The summed E-state index contributed by atoms with van der Waals surface area (Å²) in [5.41, 5.74) is 1.42. The minimum absolute atomic E-state index is 0.115. The Morgan fingerprint density at radius 2 is 1.84 bits per heavy atom. The molecule has 0 saturated carbocycles. The number of rotatable bonds is 4. The summed E-state index contributed by atoms with van der Waals surface area (Å²) in [5.74, 6) is -0.468. The van der Waals surface area contributed by atoms with E-state index in [0.717, 1.165) is 5.56 Å². The summed E-state index contributed by atoms with van der Waals surface area (Å²) in [6, 6.07) is 12.2. The van der Waals surface area contributed by atoms with Gasteiger partial charge < -0.3 is 25.9 Å². The number of nitrogens with one attached hydrogen (secondary N) is 1. The number of anilines is 2. The minimum Gasteiger partial charge on any atom is -0.758 e. The number of fused-ring (bicyclic) bond motifs is 1. The van der Waals surface area contributed by atoms with Gasteiger partial charge in [0.05, 0.1) is 5.69 Å². The fourth-order valence-electron chi connectivity index (χ4n) is 2.96. The van der Waals surface area contributed by atoms with E-state index in [9.17, 15) is 15.2 Å². The van der Waals surface area contributed by atoms with Crippen LogP contribution in [0.25, 0.3) is 0 Å². The van der Waals surface area contributed by atoms with Crippen molar-refractivity contribution in [1.82, 2.24) is 5.32 Å². The Hall–Kier alpha value is -2.28. The molecule has 1 heterocycles. The highest BCUT2D eigenvalue weighted by Gasteiger charge is 2.33. The fourth-order valence-corrected chi connectivity index (χ4v) is 3.12. The van der Waals surface area contributed by atoms with Gasteiger partial charge in [0.1, 0.15) is 6.04 Å². The summed E-state index contributed by atoms with van der Waals surface area (Å²) in [4.78, 5) is 12.5. The van der Waals surface area contributed by atoms with Crippen LogP contribution < -0.4 is 15.4 Å². The molecule has 2 unspecified atom stereocenters. The molecule has 6 nitrogen and oxygen atoms in total. The first kappa shape index (κ1) is 17.5. The first-order valence-corrected chi connectivity index (χ1v) is 8.41. The number of hydrogen-bond acceptors (Lipinski definition) is 5. The molecule has 0 fully saturated rings. The molecule has 132 valence electrons. The lowest BCUT2D eigenvalue weighted by molar-refractivity contribution is -0.122. The van der Waals surface area contributed by atoms with Crippen LogP contribution in [0.4, 0.5) is 11.4 Å². The van der Waals surface area contributed by atoms with E-state index in [0.29, 0.717) is 28.1 Å². The largest absolute Gasteiger partial charge is 0.758 e. The SMILES string of the molecule is CC1C(C(=O)NCCc2ccccc2)N([O-])c2cc(Cl)ccc2N1[O-]. The average molecular weight is 360 g/mol. The molecule has 0 spiro atoms. The normalized spacial score (nSPS) is 19.5. The molecule has 0 bridgehead atoms. The van der Waals surface area contributed by atoms with Crippen LogP contribution in [0.1, 0.15) is 12.5 Å². The second-order valence-electron chi connectivity index (χ2n) is 6.00. The molecule has 1 aliphatic rings. The van der Waals surface area contributed by atoms with Crippen LogP contribution >= 0.6 is 11.6 Å². The van der Waals surface area contributed by atoms with Crippen LogP contribution in [0.3, 0.4) is 0 Å². The van der Waals surface area contributed by atoms with Crippen molar-refractivity contribution in [3.63, 3.8) is 0 Å². The number of nitrogens with zero attached hydrogens (tertiary/aromatic N) is 2. The third-order valence-electron chi connectivity index (χ3n) is 4.32. The highest BCUT2D eigenvalue weighted by molar-refractivity contribution is 6.31. The van der Waals surface area contributed by atoms with Crippen molar-refractivity contribution >= 4 is 28.9 Å². The topological polar surface area (TPSA) is 81.7 Å². The Morgan fingerprint density at radius 1 is 1.12 bits per heavy atom. The van der Waals surface area contributed by atoms with Gasteiger partial charge in [-0.15, -0.1) is 0 Å². The molecule has 0 aliphatic carbocycles. The summed E-state index contributed by atoms with van der Waals surface area (Å²) >= 11 is 5.92. The Kier molecular flexibility index (Phi) is 5.13. The van der Waals surface area contributed by atoms with Crippen molar-refractivity contribution in [1.29, 1.82) is 0 Å². The van der Waals surface area contributed by atoms with Gasteiger partial charge in [0.25, 0.3) is 0 Å². The quantitative estimate of drug-likeness (QED) is 0.907. The van der Waals surface area contributed by atoms with E-state index in [1.54, 1.807) is 13.0 Å². The maximum absolute atomic E-state index is 12.6. The van der Waals surface area contributed by atoms with Crippen LogP contribution in [0.5, 0.6) is 0 Å². The number of halogens is 1. The minimum atomic E-state index is -1.13. The first-order valence-electron chi connectivity index (χ1n) is 8.03. The monoisotopic (exact) mass is 359 g/mol. The Morgan fingerprint density at radius 3 is 2.56 bits per heavy atom. The van der Waals surface area contributed by atoms with Crippen molar-refractivity contribution in [2.75, 3.05) is 16.7 Å². The van der Waals surface area contributed by atoms with Gasteiger partial charge in [0, 0.05) is 23.3 Å². The molecule has 3 rings (SSSR count). The summed E-state index contributed by atoms with van der Waals surface area (Å²) in [7, 11) is 0. The average Bonchev–Trinajstić information content (AvgIpc) is 2.61. The lowest BCUT2D eigenvalue weighted by atomic mass is 10.0. The van der Waals surface area contributed by atoms with Gasteiger partial charge in [0.15, 0.2) is 0 Å². The second-order valence-corrected chi connectivity index (χ2v) is 6.43. The van der Waals surface area contributed by atoms with E-state index >= 15 is 0 Å². The summed E-state index contributed by atoms with van der Waals surface area (Å²) in [5, 5.41) is 29.4. The maximum atomic E-state index is 12.6. The third-order valence-corrected chi connectivity index (χ3v) is 4.55. The fraction of sp³-hybridized carbons (Fsp3) is 0.278. The zero-order valence-electron chi connectivity index (χ0n) is 13.7. The van der Waals surface area contributed by atoms with E-state index < -0.39 is 18.0 Å². The van der Waals surface area contributed by atoms with E-state index in [1.807, 2.05) is 30.3 Å². The number of hydroxylamine groups is 2. The number of amides is 1. The molecule has 1 N–H and O–H groups in total. The van der Waals surface area contributed by atoms with Crippen LogP contribution in [0, 0.1) is 10.4 Å². The zero-order chi connectivity index (χ0) is 18.0.